The van der Waals surface area contributed by atoms with Gasteiger partial charge in [0.15, 0.2) is 0 Å². The molecule has 0 bridgehead atoms. The van der Waals surface area contributed by atoms with E-state index >= 15 is 0 Å². The fraction of sp³-hybridized carbons (Fsp3) is 0.765. The first-order chi connectivity index (χ1) is 10.2. The van der Waals surface area contributed by atoms with Gasteiger partial charge in [-0.25, -0.2) is 0 Å². The van der Waals surface area contributed by atoms with Crippen LogP contribution >= 0.6 is 0 Å². The predicted octanol–water partition coefficient (Wildman–Crippen LogP) is 4.29. The van der Waals surface area contributed by atoms with Crippen molar-refractivity contribution < 1.29 is 4.79 Å². The summed E-state index contributed by atoms with van der Waals surface area (Å²) in [6.07, 6.45) is 15.9. The van der Waals surface area contributed by atoms with Crippen LogP contribution in [0.4, 0.5) is 0 Å². The van der Waals surface area contributed by atoms with Crippen LogP contribution in [0.15, 0.2) is 12.4 Å². The highest BCUT2D eigenvalue weighted by molar-refractivity contribution is 5.75. The Kier molecular flexibility index (Phi) is 9.58. The number of hydrogen-bond donors (Lipinski definition) is 1. The van der Waals surface area contributed by atoms with Crippen molar-refractivity contribution in [3.8, 4) is 0 Å². The number of nitrogens with zero attached hydrogens (tertiary/aromatic N) is 2. The van der Waals surface area contributed by atoms with Crippen molar-refractivity contribution in [1.82, 2.24) is 15.1 Å². The summed E-state index contributed by atoms with van der Waals surface area (Å²) in [4.78, 5) is 13.8. The molecule has 0 aliphatic rings. The molecule has 0 aliphatic heterocycles. The van der Waals surface area contributed by atoms with E-state index < -0.39 is 0 Å². The van der Waals surface area contributed by atoms with Crippen LogP contribution in [0.2, 0.25) is 0 Å². The zero-order valence-electron chi connectivity index (χ0n) is 13.7. The Morgan fingerprint density at radius 2 is 1.71 bits per heavy atom. The molecule has 4 nitrogen and oxygen atoms in total. The van der Waals surface area contributed by atoms with Gasteiger partial charge in [0.25, 0.3) is 0 Å². The summed E-state index contributed by atoms with van der Waals surface area (Å²) in [6, 6.07) is 0. The zero-order chi connectivity index (χ0) is 15.3. The average Bonchev–Trinajstić information content (AvgIpc) is 2.98. The summed E-state index contributed by atoms with van der Waals surface area (Å²) in [6.45, 7) is 2.90. The van der Waals surface area contributed by atoms with E-state index in [1.807, 2.05) is 13.2 Å². The number of H-pyrrole nitrogens is 1. The lowest BCUT2D eigenvalue weighted by Gasteiger charge is -2.16. The number of hydrogen-bond acceptors (Lipinski definition) is 2. The minimum Gasteiger partial charge on any atom is -0.341 e. The summed E-state index contributed by atoms with van der Waals surface area (Å²) >= 11 is 0. The molecule has 1 rings (SSSR count). The number of carbonyl (C=O) groups is 1. The molecular formula is C17H31N3O. The number of aromatic amines is 1. The molecule has 0 radical (unpaired) electrons. The standard InChI is InChI=1S/C17H31N3O/c1-3-4-5-6-7-8-9-10-11-12-17(21)20(2)15-16-13-18-19-14-16/h13-14H,3-12,15H2,1-2H3,(H,18,19). The smallest absolute Gasteiger partial charge is 0.222 e. The van der Waals surface area contributed by atoms with E-state index in [1.54, 1.807) is 11.1 Å². The first-order valence-electron chi connectivity index (χ1n) is 8.45. The maximum Gasteiger partial charge on any atom is 0.222 e. The molecule has 0 unspecified atom stereocenters. The summed E-state index contributed by atoms with van der Waals surface area (Å²) < 4.78 is 0. The zero-order valence-corrected chi connectivity index (χ0v) is 13.7. The van der Waals surface area contributed by atoms with Gasteiger partial charge in [0.1, 0.15) is 0 Å². The highest BCUT2D eigenvalue weighted by Crippen LogP contribution is 2.11. The topological polar surface area (TPSA) is 49.0 Å². The fourth-order valence-electron chi connectivity index (χ4n) is 2.50. The van der Waals surface area contributed by atoms with Gasteiger partial charge in [-0.1, -0.05) is 58.3 Å². The summed E-state index contributed by atoms with van der Waals surface area (Å²) in [5.41, 5.74) is 1.05. The lowest BCUT2D eigenvalue weighted by Crippen LogP contribution is -2.25. The normalized spacial score (nSPS) is 10.8. The molecule has 0 atom stereocenters. The largest absolute Gasteiger partial charge is 0.341 e. The second-order valence-corrected chi connectivity index (χ2v) is 5.93. The lowest BCUT2D eigenvalue weighted by molar-refractivity contribution is -0.130. The Labute approximate surface area is 129 Å². The van der Waals surface area contributed by atoms with Crippen LogP contribution in [0.3, 0.4) is 0 Å². The Morgan fingerprint density at radius 1 is 1.10 bits per heavy atom. The molecular weight excluding hydrogens is 262 g/mol. The van der Waals surface area contributed by atoms with Gasteiger partial charge in [-0.3, -0.25) is 9.89 Å². The van der Waals surface area contributed by atoms with Crippen molar-refractivity contribution in [3.63, 3.8) is 0 Å². The number of amides is 1. The van der Waals surface area contributed by atoms with Crippen LogP contribution in [0.1, 0.15) is 76.7 Å². The molecule has 0 saturated carbocycles. The Morgan fingerprint density at radius 3 is 2.29 bits per heavy atom. The molecule has 0 aliphatic carbocycles. The van der Waals surface area contributed by atoms with Gasteiger partial charge in [0.05, 0.1) is 6.20 Å². The van der Waals surface area contributed by atoms with Gasteiger partial charge < -0.3 is 4.90 Å². The summed E-state index contributed by atoms with van der Waals surface area (Å²) in [5, 5.41) is 6.66. The number of aromatic nitrogens is 2. The first-order valence-corrected chi connectivity index (χ1v) is 8.45. The Hall–Kier alpha value is -1.32. The molecule has 0 fully saturated rings. The van der Waals surface area contributed by atoms with E-state index in [2.05, 4.69) is 17.1 Å². The van der Waals surface area contributed by atoms with Crippen LogP contribution < -0.4 is 0 Å². The second kappa shape index (κ2) is 11.4. The average molecular weight is 293 g/mol. The van der Waals surface area contributed by atoms with Crippen LogP contribution in [-0.2, 0) is 11.3 Å². The van der Waals surface area contributed by atoms with E-state index in [0.717, 1.165) is 12.0 Å². The third kappa shape index (κ3) is 8.53. The molecule has 21 heavy (non-hydrogen) atoms. The van der Waals surface area contributed by atoms with Gasteiger partial charge in [0, 0.05) is 31.8 Å². The van der Waals surface area contributed by atoms with Gasteiger partial charge in [-0.2, -0.15) is 5.10 Å². The SMILES string of the molecule is CCCCCCCCCCCC(=O)N(C)Cc1cn[nH]c1. The number of carbonyl (C=O) groups excluding carboxylic acids is 1. The summed E-state index contributed by atoms with van der Waals surface area (Å²) in [7, 11) is 1.86. The maximum absolute atomic E-state index is 12.0. The molecule has 1 heterocycles. The molecule has 1 aromatic heterocycles. The van der Waals surface area contributed by atoms with E-state index in [-0.39, 0.29) is 5.91 Å². The van der Waals surface area contributed by atoms with Gasteiger partial charge in [-0.15, -0.1) is 0 Å². The van der Waals surface area contributed by atoms with Gasteiger partial charge in [-0.05, 0) is 6.42 Å². The molecule has 0 saturated heterocycles. The van der Waals surface area contributed by atoms with Crippen molar-refractivity contribution in [3.05, 3.63) is 18.0 Å². The van der Waals surface area contributed by atoms with Crippen LogP contribution in [0, 0.1) is 0 Å². The lowest BCUT2D eigenvalue weighted by atomic mass is 10.1. The van der Waals surface area contributed by atoms with Crippen LogP contribution in [0.25, 0.3) is 0 Å². The van der Waals surface area contributed by atoms with Crippen LogP contribution in [0.5, 0.6) is 0 Å². The van der Waals surface area contributed by atoms with Crippen molar-refractivity contribution in [1.29, 1.82) is 0 Å². The molecule has 0 spiro atoms. The monoisotopic (exact) mass is 293 g/mol. The van der Waals surface area contributed by atoms with E-state index in [1.165, 1.54) is 51.4 Å². The molecule has 0 aromatic carbocycles. The second-order valence-electron chi connectivity index (χ2n) is 5.93. The number of rotatable bonds is 12. The molecule has 1 N–H and O–H groups in total. The number of nitrogens with one attached hydrogen (secondary N) is 1. The highest BCUT2D eigenvalue weighted by atomic mass is 16.2. The first kappa shape index (κ1) is 17.7. The van der Waals surface area contributed by atoms with Gasteiger partial charge in [0.2, 0.25) is 5.91 Å². The quantitative estimate of drug-likeness (QED) is 0.584. The molecule has 1 amide bonds. The number of unbranched alkanes of at least 4 members (excludes halogenated alkanes) is 8. The van der Waals surface area contributed by atoms with Crippen LogP contribution in [-0.4, -0.2) is 28.1 Å². The minimum atomic E-state index is 0.235. The highest BCUT2D eigenvalue weighted by Gasteiger charge is 2.09. The molecule has 4 heteroatoms. The van der Waals surface area contributed by atoms with Crippen molar-refractivity contribution >= 4 is 5.91 Å². The molecule has 1 aromatic rings. The minimum absolute atomic E-state index is 0.235. The molecule has 120 valence electrons. The van der Waals surface area contributed by atoms with E-state index in [9.17, 15) is 4.79 Å². The maximum atomic E-state index is 12.0. The summed E-state index contributed by atoms with van der Waals surface area (Å²) in [5.74, 6) is 0.235. The van der Waals surface area contributed by atoms with E-state index in [0.29, 0.717) is 13.0 Å². The predicted molar refractivity (Wildman–Crippen MR) is 86.9 cm³/mol. The Balaban J connectivity index is 1.95. The van der Waals surface area contributed by atoms with Crippen molar-refractivity contribution in [2.45, 2.75) is 77.7 Å². The van der Waals surface area contributed by atoms with E-state index in [4.69, 9.17) is 0 Å². The van der Waals surface area contributed by atoms with Crippen molar-refractivity contribution in [2.75, 3.05) is 7.05 Å². The third-order valence-electron chi connectivity index (χ3n) is 3.89. The fourth-order valence-corrected chi connectivity index (χ4v) is 2.50. The van der Waals surface area contributed by atoms with Gasteiger partial charge >= 0.3 is 0 Å². The van der Waals surface area contributed by atoms with Crippen molar-refractivity contribution in [2.24, 2.45) is 0 Å². The third-order valence-corrected chi connectivity index (χ3v) is 3.89. The Bertz CT molecular complexity index is 362.